The molecule has 1 unspecified atom stereocenters. The zero-order valence-corrected chi connectivity index (χ0v) is 12.3. The van der Waals surface area contributed by atoms with E-state index in [9.17, 15) is 0 Å². The molecule has 4 nitrogen and oxygen atoms in total. The molecule has 0 radical (unpaired) electrons. The Morgan fingerprint density at radius 2 is 2.00 bits per heavy atom. The maximum atomic E-state index is 5.89. The van der Waals surface area contributed by atoms with Gasteiger partial charge in [-0.15, -0.1) is 0 Å². The van der Waals surface area contributed by atoms with Gasteiger partial charge in [0.15, 0.2) is 0 Å². The van der Waals surface area contributed by atoms with Gasteiger partial charge in [-0.2, -0.15) is 5.10 Å². The molecule has 106 valence electrons. The number of anilines is 1. The quantitative estimate of drug-likeness (QED) is 0.738. The molecule has 0 aliphatic carbocycles. The highest BCUT2D eigenvalue weighted by molar-refractivity contribution is 6.29. The summed E-state index contributed by atoms with van der Waals surface area (Å²) in [5.41, 5.74) is 3.09. The lowest BCUT2D eigenvalue weighted by Crippen LogP contribution is -2.05. The third-order valence-corrected chi connectivity index (χ3v) is 3.44. The fraction of sp³-hybridized carbons (Fsp3) is 0.125. The lowest BCUT2D eigenvalue weighted by Gasteiger charge is -2.13. The van der Waals surface area contributed by atoms with E-state index >= 15 is 0 Å². The highest BCUT2D eigenvalue weighted by Crippen LogP contribution is 2.21. The van der Waals surface area contributed by atoms with Crippen LogP contribution in [0.25, 0.3) is 5.69 Å². The van der Waals surface area contributed by atoms with Gasteiger partial charge < -0.3 is 5.32 Å². The summed E-state index contributed by atoms with van der Waals surface area (Å²) in [7, 11) is 0. The van der Waals surface area contributed by atoms with E-state index in [1.165, 1.54) is 0 Å². The van der Waals surface area contributed by atoms with E-state index < -0.39 is 0 Å². The van der Waals surface area contributed by atoms with Crippen molar-refractivity contribution in [1.29, 1.82) is 0 Å². The predicted molar refractivity (Wildman–Crippen MR) is 84.8 cm³/mol. The first-order chi connectivity index (χ1) is 10.2. The van der Waals surface area contributed by atoms with Crippen LogP contribution in [-0.2, 0) is 0 Å². The van der Waals surface area contributed by atoms with Gasteiger partial charge >= 0.3 is 0 Å². The van der Waals surface area contributed by atoms with Crippen LogP contribution >= 0.6 is 11.6 Å². The van der Waals surface area contributed by atoms with Gasteiger partial charge in [-0.3, -0.25) is 0 Å². The predicted octanol–water partition coefficient (Wildman–Crippen LogP) is 4.09. The Morgan fingerprint density at radius 1 is 1.19 bits per heavy atom. The normalized spacial score (nSPS) is 12.1. The van der Waals surface area contributed by atoms with Crippen molar-refractivity contribution in [2.75, 3.05) is 5.32 Å². The standard InChI is InChI=1S/C16H15ClN4/c1-12(20-14-7-8-18-16(17)9-14)13-10-19-21(11-13)15-5-3-2-4-6-15/h2-12H,1H3,(H,18,20). The highest BCUT2D eigenvalue weighted by atomic mass is 35.5. The van der Waals surface area contributed by atoms with Crippen LogP contribution in [0.5, 0.6) is 0 Å². The third kappa shape index (κ3) is 3.23. The fourth-order valence-electron chi connectivity index (χ4n) is 2.11. The summed E-state index contributed by atoms with van der Waals surface area (Å²) in [6.45, 7) is 2.08. The Bertz CT molecular complexity index is 724. The van der Waals surface area contributed by atoms with Crippen LogP contribution in [-0.4, -0.2) is 14.8 Å². The van der Waals surface area contributed by atoms with Gasteiger partial charge in [-0.1, -0.05) is 29.8 Å². The Morgan fingerprint density at radius 3 is 2.76 bits per heavy atom. The van der Waals surface area contributed by atoms with Crippen molar-refractivity contribution in [1.82, 2.24) is 14.8 Å². The Labute approximate surface area is 128 Å². The molecule has 5 heteroatoms. The van der Waals surface area contributed by atoms with Crippen molar-refractivity contribution in [3.05, 3.63) is 71.8 Å². The van der Waals surface area contributed by atoms with E-state index in [4.69, 9.17) is 11.6 Å². The minimum absolute atomic E-state index is 0.126. The average Bonchev–Trinajstić information content (AvgIpc) is 2.98. The second kappa shape index (κ2) is 5.97. The summed E-state index contributed by atoms with van der Waals surface area (Å²) in [4.78, 5) is 3.97. The van der Waals surface area contributed by atoms with Gasteiger partial charge in [0.25, 0.3) is 0 Å². The zero-order valence-electron chi connectivity index (χ0n) is 11.6. The molecule has 0 amide bonds. The van der Waals surface area contributed by atoms with Crippen LogP contribution in [0.2, 0.25) is 5.15 Å². The third-order valence-electron chi connectivity index (χ3n) is 3.23. The second-order valence-corrected chi connectivity index (χ2v) is 5.17. The SMILES string of the molecule is CC(Nc1ccnc(Cl)c1)c1cnn(-c2ccccc2)c1. The minimum atomic E-state index is 0.126. The second-order valence-electron chi connectivity index (χ2n) is 4.79. The molecule has 2 heterocycles. The minimum Gasteiger partial charge on any atom is -0.378 e. The summed E-state index contributed by atoms with van der Waals surface area (Å²) in [5.74, 6) is 0. The van der Waals surface area contributed by atoms with Crippen molar-refractivity contribution >= 4 is 17.3 Å². The summed E-state index contributed by atoms with van der Waals surface area (Å²) < 4.78 is 1.87. The lowest BCUT2D eigenvalue weighted by molar-refractivity contribution is 0.868. The van der Waals surface area contributed by atoms with Gasteiger partial charge in [0.2, 0.25) is 0 Å². The molecule has 3 aromatic rings. The van der Waals surface area contributed by atoms with Crippen molar-refractivity contribution in [2.24, 2.45) is 0 Å². The lowest BCUT2D eigenvalue weighted by atomic mass is 10.2. The number of nitrogens with zero attached hydrogens (tertiary/aromatic N) is 3. The van der Waals surface area contributed by atoms with E-state index in [1.54, 1.807) is 12.3 Å². The van der Waals surface area contributed by atoms with Gasteiger partial charge in [-0.05, 0) is 31.2 Å². The molecular formula is C16H15ClN4. The molecule has 1 aromatic carbocycles. The van der Waals surface area contributed by atoms with E-state index in [0.717, 1.165) is 16.9 Å². The fourth-order valence-corrected chi connectivity index (χ4v) is 2.28. The Balaban J connectivity index is 1.77. The van der Waals surface area contributed by atoms with Gasteiger partial charge in [0, 0.05) is 23.6 Å². The smallest absolute Gasteiger partial charge is 0.131 e. The molecule has 21 heavy (non-hydrogen) atoms. The number of halogens is 1. The van der Waals surface area contributed by atoms with E-state index in [2.05, 4.69) is 22.3 Å². The van der Waals surface area contributed by atoms with Gasteiger partial charge in [0.05, 0.1) is 17.9 Å². The number of aromatic nitrogens is 3. The summed E-state index contributed by atoms with van der Waals surface area (Å²) >= 11 is 5.89. The van der Waals surface area contributed by atoms with E-state index in [0.29, 0.717) is 5.15 Å². The van der Waals surface area contributed by atoms with Crippen molar-refractivity contribution < 1.29 is 0 Å². The Hall–Kier alpha value is -2.33. The van der Waals surface area contributed by atoms with Crippen LogP contribution in [0.4, 0.5) is 5.69 Å². The van der Waals surface area contributed by atoms with Crippen LogP contribution in [0.1, 0.15) is 18.5 Å². The molecule has 0 bridgehead atoms. The molecule has 0 saturated carbocycles. The monoisotopic (exact) mass is 298 g/mol. The number of hydrogen-bond donors (Lipinski definition) is 1. The molecule has 0 aliphatic rings. The first-order valence-electron chi connectivity index (χ1n) is 6.70. The maximum Gasteiger partial charge on any atom is 0.131 e. The number of rotatable bonds is 4. The summed E-state index contributed by atoms with van der Waals surface area (Å²) in [6, 6.07) is 13.9. The number of para-hydroxylation sites is 1. The number of pyridine rings is 1. The number of benzene rings is 1. The number of nitrogens with one attached hydrogen (secondary N) is 1. The summed E-state index contributed by atoms with van der Waals surface area (Å²) in [5, 5.41) is 8.27. The van der Waals surface area contributed by atoms with Gasteiger partial charge in [-0.25, -0.2) is 9.67 Å². The van der Waals surface area contributed by atoms with Crippen LogP contribution in [0.15, 0.2) is 61.1 Å². The molecule has 3 rings (SSSR count). The number of hydrogen-bond acceptors (Lipinski definition) is 3. The van der Waals surface area contributed by atoms with E-state index in [-0.39, 0.29) is 6.04 Å². The van der Waals surface area contributed by atoms with Crippen molar-refractivity contribution in [3.63, 3.8) is 0 Å². The molecule has 0 spiro atoms. The first kappa shape index (κ1) is 13.6. The van der Waals surface area contributed by atoms with E-state index in [1.807, 2.05) is 53.5 Å². The largest absolute Gasteiger partial charge is 0.378 e. The molecule has 1 atom stereocenters. The molecule has 1 N–H and O–H groups in total. The maximum absolute atomic E-state index is 5.89. The average molecular weight is 299 g/mol. The molecule has 0 fully saturated rings. The van der Waals surface area contributed by atoms with Crippen molar-refractivity contribution in [3.8, 4) is 5.69 Å². The van der Waals surface area contributed by atoms with Crippen LogP contribution < -0.4 is 5.32 Å². The topological polar surface area (TPSA) is 42.7 Å². The molecule has 0 aliphatic heterocycles. The highest BCUT2D eigenvalue weighted by Gasteiger charge is 2.09. The van der Waals surface area contributed by atoms with Gasteiger partial charge in [0.1, 0.15) is 5.15 Å². The summed E-state index contributed by atoms with van der Waals surface area (Å²) in [6.07, 6.45) is 5.58. The van der Waals surface area contributed by atoms with Crippen LogP contribution in [0.3, 0.4) is 0 Å². The first-order valence-corrected chi connectivity index (χ1v) is 7.08. The molecule has 2 aromatic heterocycles. The molecular weight excluding hydrogens is 284 g/mol. The zero-order chi connectivity index (χ0) is 14.7. The Kier molecular flexibility index (Phi) is 3.88. The van der Waals surface area contributed by atoms with Crippen LogP contribution in [0, 0.1) is 0 Å². The molecule has 0 saturated heterocycles. The van der Waals surface area contributed by atoms with Crippen molar-refractivity contribution in [2.45, 2.75) is 13.0 Å².